The van der Waals surface area contributed by atoms with Gasteiger partial charge in [0.05, 0.1) is 14.2 Å². The van der Waals surface area contributed by atoms with Crippen molar-refractivity contribution in [1.82, 2.24) is 0 Å². The van der Waals surface area contributed by atoms with Crippen LogP contribution in [0.5, 0.6) is 0 Å². The van der Waals surface area contributed by atoms with Crippen LogP contribution in [0.15, 0.2) is 23.2 Å². The quantitative estimate of drug-likeness (QED) is 0.721. The average Bonchev–Trinajstić information content (AvgIpc) is 2.31. The van der Waals surface area contributed by atoms with E-state index in [0.717, 1.165) is 5.57 Å². The lowest BCUT2D eigenvalue weighted by molar-refractivity contribution is -0.136. The molecule has 1 rings (SSSR count). The van der Waals surface area contributed by atoms with E-state index >= 15 is 0 Å². The molecule has 0 amide bonds. The zero-order valence-corrected chi connectivity index (χ0v) is 11.6. The van der Waals surface area contributed by atoms with Crippen LogP contribution >= 0.6 is 0 Å². The van der Waals surface area contributed by atoms with Crippen LogP contribution in [0.3, 0.4) is 0 Å². The van der Waals surface area contributed by atoms with E-state index in [4.69, 9.17) is 9.47 Å². The number of ether oxygens (including phenoxy) is 2. The minimum Gasteiger partial charge on any atom is -0.490 e. The Morgan fingerprint density at radius 2 is 1.78 bits per heavy atom. The van der Waals surface area contributed by atoms with Gasteiger partial charge in [-0.15, -0.1) is 0 Å². The lowest BCUT2D eigenvalue weighted by Crippen LogP contribution is -2.38. The molecule has 1 atom stereocenters. The van der Waals surface area contributed by atoms with Gasteiger partial charge in [0.2, 0.25) is 23.1 Å². The summed E-state index contributed by atoms with van der Waals surface area (Å²) >= 11 is 0. The predicted octanol–water partition coefficient (Wildman–Crippen LogP) is 2.40. The summed E-state index contributed by atoms with van der Waals surface area (Å²) in [5, 5.41) is 0. The monoisotopic (exact) mass is 252 g/mol. The molecule has 4 heteroatoms. The minimum absolute atomic E-state index is 0.0391. The number of ketones is 2. The van der Waals surface area contributed by atoms with Crippen molar-refractivity contribution in [2.45, 2.75) is 33.6 Å². The highest BCUT2D eigenvalue weighted by molar-refractivity contribution is 6.12. The van der Waals surface area contributed by atoms with Crippen LogP contribution in [-0.4, -0.2) is 25.8 Å². The molecular formula is C14H20O4. The van der Waals surface area contributed by atoms with Crippen molar-refractivity contribution in [3.05, 3.63) is 23.2 Å². The number of hydrogen-bond acceptors (Lipinski definition) is 4. The maximum absolute atomic E-state index is 12.4. The van der Waals surface area contributed by atoms with Crippen LogP contribution in [0.25, 0.3) is 0 Å². The number of allylic oxidation sites excluding steroid dienone is 4. The Bertz CT molecular complexity index is 427. The highest BCUT2D eigenvalue weighted by Gasteiger charge is 2.45. The lowest BCUT2D eigenvalue weighted by atomic mass is 9.73. The second-order valence-electron chi connectivity index (χ2n) is 5.04. The van der Waals surface area contributed by atoms with Crippen molar-refractivity contribution < 1.29 is 19.1 Å². The van der Waals surface area contributed by atoms with Gasteiger partial charge >= 0.3 is 0 Å². The normalized spacial score (nSPS) is 24.1. The number of hydrogen-bond donors (Lipinski definition) is 0. The molecule has 0 bridgehead atoms. The van der Waals surface area contributed by atoms with E-state index in [9.17, 15) is 9.59 Å². The Hall–Kier alpha value is -1.58. The van der Waals surface area contributed by atoms with E-state index in [-0.39, 0.29) is 29.5 Å². The molecule has 0 aromatic carbocycles. The molecule has 100 valence electrons. The Morgan fingerprint density at radius 1 is 1.22 bits per heavy atom. The van der Waals surface area contributed by atoms with Crippen LogP contribution < -0.4 is 0 Å². The first-order valence-corrected chi connectivity index (χ1v) is 5.89. The molecule has 0 heterocycles. The smallest absolute Gasteiger partial charge is 0.208 e. The van der Waals surface area contributed by atoms with E-state index in [1.54, 1.807) is 6.92 Å². The molecule has 0 aromatic heterocycles. The van der Waals surface area contributed by atoms with Gasteiger partial charge in [0.1, 0.15) is 0 Å². The Balaban J connectivity index is 3.15. The summed E-state index contributed by atoms with van der Waals surface area (Å²) in [5.41, 5.74) is 0.388. The molecule has 1 aliphatic rings. The second kappa shape index (κ2) is 5.38. The van der Waals surface area contributed by atoms with Crippen molar-refractivity contribution in [3.8, 4) is 0 Å². The van der Waals surface area contributed by atoms with Crippen LogP contribution in [0.4, 0.5) is 0 Å². The molecule has 0 radical (unpaired) electrons. The van der Waals surface area contributed by atoms with Gasteiger partial charge < -0.3 is 9.47 Å². The summed E-state index contributed by atoms with van der Waals surface area (Å²) in [5.74, 6) is -0.270. The number of methoxy groups -OCH3 is 2. The molecular weight excluding hydrogens is 232 g/mol. The lowest BCUT2D eigenvalue weighted by Gasteiger charge is -2.31. The topological polar surface area (TPSA) is 52.6 Å². The molecule has 0 spiro atoms. The molecule has 0 aromatic rings. The minimum atomic E-state index is -0.734. The van der Waals surface area contributed by atoms with Crippen molar-refractivity contribution in [3.63, 3.8) is 0 Å². The SMILES string of the molecule is COC1=C(OC)C(=O)C(C)(CC=C(C)C)CC1=O. The fourth-order valence-corrected chi connectivity index (χ4v) is 2.00. The van der Waals surface area contributed by atoms with Crippen LogP contribution in [0.1, 0.15) is 33.6 Å². The molecule has 0 fully saturated rings. The fraction of sp³-hybridized carbons (Fsp3) is 0.571. The summed E-state index contributed by atoms with van der Waals surface area (Å²) < 4.78 is 10.0. The Kier molecular flexibility index (Phi) is 4.33. The first-order chi connectivity index (χ1) is 8.35. The highest BCUT2D eigenvalue weighted by Crippen LogP contribution is 2.38. The third-order valence-corrected chi connectivity index (χ3v) is 3.13. The molecule has 1 aliphatic carbocycles. The van der Waals surface area contributed by atoms with Gasteiger partial charge in [-0.1, -0.05) is 18.6 Å². The largest absolute Gasteiger partial charge is 0.490 e. The summed E-state index contributed by atoms with van der Waals surface area (Å²) in [7, 11) is 2.75. The van der Waals surface area contributed by atoms with Crippen molar-refractivity contribution in [2.75, 3.05) is 14.2 Å². The van der Waals surface area contributed by atoms with E-state index < -0.39 is 5.41 Å². The van der Waals surface area contributed by atoms with E-state index in [2.05, 4.69) is 0 Å². The van der Waals surface area contributed by atoms with Gasteiger partial charge in [0.15, 0.2) is 0 Å². The molecule has 1 unspecified atom stereocenters. The number of carbonyl (C=O) groups is 2. The van der Waals surface area contributed by atoms with Crippen molar-refractivity contribution >= 4 is 11.6 Å². The summed E-state index contributed by atoms with van der Waals surface area (Å²) in [6.07, 6.45) is 2.66. The first kappa shape index (κ1) is 14.5. The zero-order valence-electron chi connectivity index (χ0n) is 11.6. The summed E-state index contributed by atoms with van der Waals surface area (Å²) in [6, 6.07) is 0. The van der Waals surface area contributed by atoms with Crippen molar-refractivity contribution in [2.24, 2.45) is 5.41 Å². The molecule has 0 saturated carbocycles. The van der Waals surface area contributed by atoms with Crippen molar-refractivity contribution in [1.29, 1.82) is 0 Å². The summed E-state index contributed by atoms with van der Waals surface area (Å²) in [6.45, 7) is 5.72. The third-order valence-electron chi connectivity index (χ3n) is 3.13. The van der Waals surface area contributed by atoms with E-state index in [1.807, 2.05) is 19.9 Å². The number of Topliss-reactive ketones (excluding diaryl/α,β-unsaturated/α-hetero) is 2. The van der Waals surface area contributed by atoms with Crippen LogP contribution in [-0.2, 0) is 19.1 Å². The molecule has 0 N–H and O–H groups in total. The predicted molar refractivity (Wildman–Crippen MR) is 67.8 cm³/mol. The maximum Gasteiger partial charge on any atom is 0.208 e. The first-order valence-electron chi connectivity index (χ1n) is 5.89. The van der Waals surface area contributed by atoms with E-state index in [0.29, 0.717) is 6.42 Å². The molecule has 4 nitrogen and oxygen atoms in total. The standard InChI is InChI=1S/C14H20O4/c1-9(2)6-7-14(3)8-10(15)11(17-4)12(18-5)13(14)16/h6H,7-8H2,1-5H3. The highest BCUT2D eigenvalue weighted by atomic mass is 16.5. The van der Waals surface area contributed by atoms with Crippen LogP contribution in [0.2, 0.25) is 0 Å². The Labute approximate surface area is 108 Å². The van der Waals surface area contributed by atoms with Gasteiger partial charge in [-0.3, -0.25) is 9.59 Å². The van der Waals surface area contributed by atoms with Gasteiger partial charge in [-0.05, 0) is 20.3 Å². The fourth-order valence-electron chi connectivity index (χ4n) is 2.00. The van der Waals surface area contributed by atoms with Gasteiger partial charge in [-0.2, -0.15) is 0 Å². The average molecular weight is 252 g/mol. The molecule has 0 aliphatic heterocycles. The second-order valence-corrected chi connectivity index (χ2v) is 5.04. The molecule has 0 saturated heterocycles. The van der Waals surface area contributed by atoms with E-state index in [1.165, 1.54) is 14.2 Å². The van der Waals surface area contributed by atoms with Gasteiger partial charge in [0.25, 0.3) is 0 Å². The van der Waals surface area contributed by atoms with Gasteiger partial charge in [0, 0.05) is 11.8 Å². The Morgan fingerprint density at radius 3 is 2.22 bits per heavy atom. The van der Waals surface area contributed by atoms with Gasteiger partial charge in [-0.25, -0.2) is 0 Å². The zero-order chi connectivity index (χ0) is 13.9. The third kappa shape index (κ3) is 2.63. The number of carbonyl (C=O) groups excluding carboxylic acids is 2. The number of rotatable bonds is 4. The maximum atomic E-state index is 12.4. The van der Waals surface area contributed by atoms with Crippen LogP contribution in [0, 0.1) is 5.41 Å². The summed E-state index contributed by atoms with van der Waals surface area (Å²) in [4.78, 5) is 24.3. The molecule has 18 heavy (non-hydrogen) atoms.